The van der Waals surface area contributed by atoms with E-state index in [4.69, 9.17) is 11.6 Å². The van der Waals surface area contributed by atoms with Crippen LogP contribution in [0.4, 0.5) is 0 Å². The van der Waals surface area contributed by atoms with Crippen LogP contribution in [0, 0.1) is 5.92 Å². The summed E-state index contributed by atoms with van der Waals surface area (Å²) in [4.78, 5) is 16.5. The summed E-state index contributed by atoms with van der Waals surface area (Å²) in [6, 6.07) is 7.86. The third-order valence-electron chi connectivity index (χ3n) is 6.18. The van der Waals surface area contributed by atoms with E-state index in [0.29, 0.717) is 10.6 Å². The Balaban J connectivity index is 0.000000166. The molecule has 3 fully saturated rings. The number of nitrogens with one attached hydrogen (secondary N) is 3. The van der Waals surface area contributed by atoms with Crippen LogP contribution in [0.5, 0.6) is 0 Å². The predicted octanol–water partition coefficient (Wildman–Crippen LogP) is 1.67. The van der Waals surface area contributed by atoms with Crippen molar-refractivity contribution in [2.45, 2.75) is 25.8 Å². The van der Waals surface area contributed by atoms with E-state index in [1.807, 2.05) is 4.90 Å². The van der Waals surface area contributed by atoms with E-state index in [1.165, 1.54) is 52.1 Å². The third kappa shape index (κ3) is 6.66. The fourth-order valence-corrected chi connectivity index (χ4v) is 4.68. The lowest BCUT2D eigenvalue weighted by atomic mass is 9.94. The van der Waals surface area contributed by atoms with Crippen LogP contribution in [0.2, 0.25) is 5.02 Å². The van der Waals surface area contributed by atoms with Crippen LogP contribution in [0.1, 0.15) is 30.1 Å². The number of halogens is 1. The number of nitrogens with zero attached hydrogens (tertiary/aromatic N) is 2. The molecular formula is C22H36ClN5O. The van der Waals surface area contributed by atoms with Gasteiger partial charge in [0.2, 0.25) is 0 Å². The first kappa shape index (κ1) is 22.5. The largest absolute Gasteiger partial charge is 0.336 e. The minimum absolute atomic E-state index is 0.0909. The molecule has 162 valence electrons. The maximum Gasteiger partial charge on any atom is 0.253 e. The molecule has 4 rings (SSSR count). The van der Waals surface area contributed by atoms with Crippen molar-refractivity contribution < 1.29 is 4.79 Å². The molecule has 1 aromatic carbocycles. The molecule has 0 radical (unpaired) electrons. The van der Waals surface area contributed by atoms with Gasteiger partial charge in [-0.1, -0.05) is 18.5 Å². The maximum absolute atomic E-state index is 12.0. The molecule has 1 aromatic rings. The van der Waals surface area contributed by atoms with Gasteiger partial charge in [0.1, 0.15) is 0 Å². The van der Waals surface area contributed by atoms with Gasteiger partial charge in [0, 0.05) is 69.0 Å². The Hall–Kier alpha value is -1.18. The van der Waals surface area contributed by atoms with Crippen LogP contribution < -0.4 is 16.0 Å². The van der Waals surface area contributed by atoms with Crippen molar-refractivity contribution >= 4 is 17.5 Å². The summed E-state index contributed by atoms with van der Waals surface area (Å²) in [5.74, 6) is 0.992. The smallest absolute Gasteiger partial charge is 0.253 e. The first-order chi connectivity index (χ1) is 14.2. The molecule has 0 saturated carbocycles. The predicted molar refractivity (Wildman–Crippen MR) is 120 cm³/mol. The molecule has 3 heterocycles. The van der Waals surface area contributed by atoms with Gasteiger partial charge in [-0.05, 0) is 56.1 Å². The molecule has 6 nitrogen and oxygen atoms in total. The Morgan fingerprint density at radius 1 is 1.00 bits per heavy atom. The maximum atomic E-state index is 12.0. The van der Waals surface area contributed by atoms with Gasteiger partial charge in [-0.15, -0.1) is 0 Å². The highest BCUT2D eigenvalue weighted by molar-refractivity contribution is 6.30. The molecule has 7 heteroatoms. The van der Waals surface area contributed by atoms with Crippen LogP contribution in [-0.4, -0.2) is 87.2 Å². The lowest BCUT2D eigenvalue weighted by molar-refractivity contribution is 0.0736. The van der Waals surface area contributed by atoms with Crippen LogP contribution in [0.15, 0.2) is 24.3 Å². The SMILES string of the molecule is CCC(C1CCNC1)N1CCNCC1.O=C(c1ccc(Cl)cc1)N1CCNCC1. The fourth-order valence-electron chi connectivity index (χ4n) is 4.55. The van der Waals surface area contributed by atoms with E-state index in [-0.39, 0.29) is 5.91 Å². The van der Waals surface area contributed by atoms with Crippen LogP contribution >= 0.6 is 11.6 Å². The summed E-state index contributed by atoms with van der Waals surface area (Å²) in [6.07, 6.45) is 2.69. The number of hydrogen-bond acceptors (Lipinski definition) is 5. The average Bonchev–Trinajstić information content (AvgIpc) is 3.31. The topological polar surface area (TPSA) is 59.6 Å². The van der Waals surface area contributed by atoms with E-state index in [2.05, 4.69) is 27.8 Å². The summed E-state index contributed by atoms with van der Waals surface area (Å²) in [7, 11) is 0. The molecule has 3 N–H and O–H groups in total. The van der Waals surface area contributed by atoms with Gasteiger partial charge < -0.3 is 20.9 Å². The Morgan fingerprint density at radius 3 is 2.17 bits per heavy atom. The van der Waals surface area contributed by atoms with E-state index in [0.717, 1.165) is 38.1 Å². The Labute approximate surface area is 180 Å². The first-order valence-electron chi connectivity index (χ1n) is 11.1. The zero-order valence-electron chi connectivity index (χ0n) is 17.6. The van der Waals surface area contributed by atoms with Gasteiger partial charge in [0.25, 0.3) is 5.91 Å². The standard InChI is InChI=1S/C11H13ClN2O.C11H23N3/c12-10-3-1-9(2-4-10)11(15)14-7-5-13-6-8-14;1-2-11(10-3-4-13-9-10)14-7-5-12-6-8-14/h1-4,13H,5-8H2;10-13H,2-9H2,1H3. The molecule has 2 atom stereocenters. The fraction of sp³-hybridized carbons (Fsp3) is 0.682. The molecule has 3 aliphatic rings. The van der Waals surface area contributed by atoms with E-state index >= 15 is 0 Å². The molecule has 2 unspecified atom stereocenters. The van der Waals surface area contributed by atoms with Gasteiger partial charge in [0.05, 0.1) is 0 Å². The van der Waals surface area contributed by atoms with Crippen molar-refractivity contribution in [1.82, 2.24) is 25.8 Å². The van der Waals surface area contributed by atoms with Gasteiger partial charge in [-0.3, -0.25) is 9.69 Å². The van der Waals surface area contributed by atoms with E-state index in [9.17, 15) is 4.79 Å². The highest BCUT2D eigenvalue weighted by atomic mass is 35.5. The molecule has 0 spiro atoms. The molecule has 0 bridgehead atoms. The number of rotatable bonds is 4. The number of carbonyl (C=O) groups excluding carboxylic acids is 1. The minimum Gasteiger partial charge on any atom is -0.336 e. The summed E-state index contributed by atoms with van der Waals surface area (Å²) >= 11 is 5.77. The molecule has 3 aliphatic heterocycles. The van der Waals surface area contributed by atoms with Crippen molar-refractivity contribution in [3.05, 3.63) is 34.9 Å². The quantitative estimate of drug-likeness (QED) is 0.690. The Kier molecular flexibility index (Phi) is 9.21. The summed E-state index contributed by atoms with van der Waals surface area (Å²) in [5, 5.41) is 10.8. The minimum atomic E-state index is 0.0909. The summed E-state index contributed by atoms with van der Waals surface area (Å²) in [6.45, 7) is 13.0. The lowest BCUT2D eigenvalue weighted by Gasteiger charge is -2.37. The monoisotopic (exact) mass is 421 g/mol. The van der Waals surface area contributed by atoms with E-state index in [1.54, 1.807) is 24.3 Å². The third-order valence-corrected chi connectivity index (χ3v) is 6.43. The molecule has 0 aromatic heterocycles. The van der Waals surface area contributed by atoms with Crippen molar-refractivity contribution in [3.63, 3.8) is 0 Å². The summed E-state index contributed by atoms with van der Waals surface area (Å²) < 4.78 is 0. The second kappa shape index (κ2) is 11.9. The van der Waals surface area contributed by atoms with Crippen LogP contribution in [-0.2, 0) is 0 Å². The van der Waals surface area contributed by atoms with Crippen molar-refractivity contribution in [3.8, 4) is 0 Å². The molecule has 29 heavy (non-hydrogen) atoms. The average molecular weight is 422 g/mol. The first-order valence-corrected chi connectivity index (χ1v) is 11.5. The van der Waals surface area contributed by atoms with Crippen molar-refractivity contribution in [2.24, 2.45) is 5.92 Å². The van der Waals surface area contributed by atoms with Gasteiger partial charge >= 0.3 is 0 Å². The Bertz CT molecular complexity index is 608. The van der Waals surface area contributed by atoms with Gasteiger partial charge in [0.15, 0.2) is 0 Å². The second-order valence-electron chi connectivity index (χ2n) is 8.06. The highest BCUT2D eigenvalue weighted by Gasteiger charge is 2.28. The highest BCUT2D eigenvalue weighted by Crippen LogP contribution is 2.21. The van der Waals surface area contributed by atoms with Gasteiger partial charge in [-0.25, -0.2) is 0 Å². The number of piperazine rings is 2. The van der Waals surface area contributed by atoms with E-state index < -0.39 is 0 Å². The van der Waals surface area contributed by atoms with Crippen molar-refractivity contribution in [2.75, 3.05) is 65.4 Å². The molecule has 0 aliphatic carbocycles. The number of hydrogen-bond donors (Lipinski definition) is 3. The number of carbonyl (C=O) groups is 1. The lowest BCUT2D eigenvalue weighted by Crippen LogP contribution is -2.51. The molecule has 1 amide bonds. The number of benzene rings is 1. The van der Waals surface area contributed by atoms with Gasteiger partial charge in [-0.2, -0.15) is 0 Å². The molecular weight excluding hydrogens is 386 g/mol. The Morgan fingerprint density at radius 2 is 1.62 bits per heavy atom. The molecule has 3 saturated heterocycles. The second-order valence-corrected chi connectivity index (χ2v) is 8.50. The number of amides is 1. The zero-order chi connectivity index (χ0) is 20.5. The zero-order valence-corrected chi connectivity index (χ0v) is 18.4. The van der Waals surface area contributed by atoms with Crippen LogP contribution in [0.3, 0.4) is 0 Å². The summed E-state index contributed by atoms with van der Waals surface area (Å²) in [5.41, 5.74) is 0.710. The van der Waals surface area contributed by atoms with Crippen molar-refractivity contribution in [1.29, 1.82) is 0 Å². The van der Waals surface area contributed by atoms with Crippen LogP contribution in [0.25, 0.3) is 0 Å². The normalized spacial score (nSPS) is 23.9.